The van der Waals surface area contributed by atoms with Gasteiger partial charge in [0.15, 0.2) is 0 Å². The number of carbonyl (C=O) groups excluding carboxylic acids is 1. The minimum absolute atomic E-state index is 0.0293. The molecule has 0 spiro atoms. The zero-order valence-corrected chi connectivity index (χ0v) is 13.2. The fraction of sp³-hybridized carbons (Fsp3) is 0.867. The molecule has 0 aliphatic carbocycles. The average Bonchev–Trinajstić information content (AvgIpc) is 2.88. The number of nitrogens with one attached hydrogen (secondary N) is 2. The molecule has 6 nitrogen and oxygen atoms in total. The van der Waals surface area contributed by atoms with E-state index in [1.165, 1.54) is 0 Å². The summed E-state index contributed by atoms with van der Waals surface area (Å²) < 4.78 is 5.31. The van der Waals surface area contributed by atoms with Crippen molar-refractivity contribution in [2.75, 3.05) is 19.8 Å². The molecule has 3 unspecified atom stereocenters. The van der Waals surface area contributed by atoms with Crippen molar-refractivity contribution in [3.63, 3.8) is 0 Å². The van der Waals surface area contributed by atoms with Crippen molar-refractivity contribution < 1.29 is 19.4 Å². The van der Waals surface area contributed by atoms with Crippen molar-refractivity contribution in [3.05, 3.63) is 0 Å². The van der Waals surface area contributed by atoms with E-state index in [1.54, 1.807) is 0 Å². The lowest BCUT2D eigenvalue weighted by molar-refractivity contribution is -0.138. The third-order valence-electron chi connectivity index (χ3n) is 3.85. The van der Waals surface area contributed by atoms with Crippen LogP contribution in [0.1, 0.15) is 40.0 Å². The van der Waals surface area contributed by atoms with Crippen molar-refractivity contribution in [3.8, 4) is 0 Å². The molecule has 6 heteroatoms. The van der Waals surface area contributed by atoms with Crippen molar-refractivity contribution >= 4 is 12.0 Å². The maximum absolute atomic E-state index is 11.9. The second-order valence-corrected chi connectivity index (χ2v) is 6.36. The fourth-order valence-electron chi connectivity index (χ4n) is 2.71. The molecule has 1 aliphatic rings. The minimum atomic E-state index is -0.820. The normalized spacial score (nSPS) is 21.0. The van der Waals surface area contributed by atoms with Crippen molar-refractivity contribution in [1.29, 1.82) is 0 Å². The van der Waals surface area contributed by atoms with Gasteiger partial charge in [0.1, 0.15) is 0 Å². The van der Waals surface area contributed by atoms with Crippen molar-refractivity contribution in [2.24, 2.45) is 17.8 Å². The molecular formula is C15H28N2O4. The minimum Gasteiger partial charge on any atom is -0.481 e. The van der Waals surface area contributed by atoms with Gasteiger partial charge in [-0.05, 0) is 31.6 Å². The third-order valence-corrected chi connectivity index (χ3v) is 3.85. The van der Waals surface area contributed by atoms with E-state index in [0.29, 0.717) is 25.0 Å². The number of rotatable bonds is 8. The molecule has 1 saturated heterocycles. The highest BCUT2D eigenvalue weighted by molar-refractivity contribution is 5.74. The van der Waals surface area contributed by atoms with Crippen LogP contribution < -0.4 is 10.6 Å². The Bertz CT molecular complexity index is 341. The summed E-state index contributed by atoms with van der Waals surface area (Å²) in [6.07, 6.45) is 1.85. The van der Waals surface area contributed by atoms with Gasteiger partial charge in [-0.1, -0.05) is 13.8 Å². The highest BCUT2D eigenvalue weighted by Crippen LogP contribution is 2.17. The average molecular weight is 300 g/mol. The van der Waals surface area contributed by atoms with Gasteiger partial charge in [-0.15, -0.1) is 0 Å². The predicted octanol–water partition coefficient (Wildman–Crippen LogP) is 1.85. The Balaban J connectivity index is 2.32. The number of carboxylic acids is 1. The van der Waals surface area contributed by atoms with Crippen molar-refractivity contribution in [2.45, 2.75) is 46.1 Å². The summed E-state index contributed by atoms with van der Waals surface area (Å²) in [5.74, 6) is -0.0762. The SMILES string of the molecule is CC(C)CC(CNC(=O)NC(C)C1CCOC1)CC(=O)O. The molecule has 3 N–H and O–H groups in total. The maximum atomic E-state index is 11.9. The van der Waals surface area contributed by atoms with Crippen LogP contribution in [0.4, 0.5) is 4.79 Å². The van der Waals surface area contributed by atoms with Gasteiger partial charge in [0.25, 0.3) is 0 Å². The fourth-order valence-corrected chi connectivity index (χ4v) is 2.71. The highest BCUT2D eigenvalue weighted by atomic mass is 16.5. The summed E-state index contributed by atoms with van der Waals surface area (Å²) in [5, 5.41) is 14.6. The van der Waals surface area contributed by atoms with Gasteiger partial charge in [-0.2, -0.15) is 0 Å². The molecule has 0 bridgehead atoms. The quantitative estimate of drug-likeness (QED) is 0.638. The van der Waals surface area contributed by atoms with Crippen LogP contribution >= 0.6 is 0 Å². The summed E-state index contributed by atoms with van der Waals surface area (Å²) in [6, 6.07) is -0.163. The van der Waals surface area contributed by atoms with Crippen LogP contribution in [-0.4, -0.2) is 42.9 Å². The Morgan fingerprint density at radius 3 is 2.57 bits per heavy atom. The highest BCUT2D eigenvalue weighted by Gasteiger charge is 2.24. The number of urea groups is 1. The van der Waals surface area contributed by atoms with Gasteiger partial charge in [0.05, 0.1) is 6.61 Å². The lowest BCUT2D eigenvalue weighted by Crippen LogP contribution is -2.45. The van der Waals surface area contributed by atoms with Crippen LogP contribution in [0.2, 0.25) is 0 Å². The monoisotopic (exact) mass is 300 g/mol. The van der Waals surface area contributed by atoms with E-state index in [2.05, 4.69) is 24.5 Å². The van der Waals surface area contributed by atoms with Gasteiger partial charge in [0.2, 0.25) is 0 Å². The van der Waals surface area contributed by atoms with E-state index < -0.39 is 5.97 Å². The number of carbonyl (C=O) groups is 2. The summed E-state index contributed by atoms with van der Waals surface area (Å²) in [5.41, 5.74) is 0. The van der Waals surface area contributed by atoms with E-state index in [9.17, 15) is 9.59 Å². The van der Waals surface area contributed by atoms with E-state index >= 15 is 0 Å². The summed E-state index contributed by atoms with van der Waals surface area (Å²) in [6.45, 7) is 7.92. The number of hydrogen-bond acceptors (Lipinski definition) is 3. The summed E-state index contributed by atoms with van der Waals surface area (Å²) in [7, 11) is 0. The molecular weight excluding hydrogens is 272 g/mol. The molecule has 1 fully saturated rings. The van der Waals surface area contributed by atoms with E-state index in [4.69, 9.17) is 9.84 Å². The van der Waals surface area contributed by atoms with E-state index in [-0.39, 0.29) is 24.4 Å². The molecule has 2 amide bonds. The van der Waals surface area contributed by atoms with Crippen LogP contribution in [-0.2, 0) is 9.53 Å². The first-order chi connectivity index (χ1) is 9.88. The number of hydrogen-bond donors (Lipinski definition) is 3. The lowest BCUT2D eigenvalue weighted by Gasteiger charge is -2.22. The van der Waals surface area contributed by atoms with Gasteiger partial charge >= 0.3 is 12.0 Å². The van der Waals surface area contributed by atoms with Gasteiger partial charge in [-0.25, -0.2) is 4.79 Å². The Morgan fingerprint density at radius 2 is 2.05 bits per heavy atom. The van der Waals surface area contributed by atoms with E-state index in [0.717, 1.165) is 19.4 Å². The van der Waals surface area contributed by atoms with Crippen LogP contribution in [0.15, 0.2) is 0 Å². The second kappa shape index (κ2) is 8.87. The molecule has 21 heavy (non-hydrogen) atoms. The molecule has 0 saturated carbocycles. The molecule has 0 aromatic carbocycles. The smallest absolute Gasteiger partial charge is 0.315 e. The van der Waals surface area contributed by atoms with Gasteiger partial charge in [0, 0.05) is 31.5 Å². The Kier molecular flexibility index (Phi) is 7.50. The molecule has 0 radical (unpaired) electrons. The number of amides is 2. The van der Waals surface area contributed by atoms with Crippen LogP contribution in [0, 0.1) is 17.8 Å². The number of ether oxygens (including phenoxy) is 1. The predicted molar refractivity (Wildman–Crippen MR) is 80.1 cm³/mol. The first kappa shape index (κ1) is 17.8. The first-order valence-electron chi connectivity index (χ1n) is 7.72. The molecule has 0 aromatic heterocycles. The third kappa shape index (κ3) is 7.32. The zero-order chi connectivity index (χ0) is 15.8. The zero-order valence-electron chi connectivity index (χ0n) is 13.2. The molecule has 3 atom stereocenters. The number of aliphatic carboxylic acids is 1. The topological polar surface area (TPSA) is 87.7 Å². The van der Waals surface area contributed by atoms with Crippen molar-refractivity contribution in [1.82, 2.24) is 10.6 Å². The Morgan fingerprint density at radius 1 is 1.33 bits per heavy atom. The van der Waals surface area contributed by atoms with Crippen LogP contribution in [0.3, 0.4) is 0 Å². The molecule has 1 aliphatic heterocycles. The number of carboxylic acid groups (broad SMARTS) is 1. The van der Waals surface area contributed by atoms with E-state index in [1.807, 2.05) is 6.92 Å². The molecule has 122 valence electrons. The molecule has 0 aromatic rings. The second-order valence-electron chi connectivity index (χ2n) is 6.36. The summed E-state index contributed by atoms with van der Waals surface area (Å²) >= 11 is 0. The molecule has 1 rings (SSSR count). The standard InChI is InChI=1S/C15H28N2O4/c1-10(2)6-12(7-14(18)19)8-16-15(20)17-11(3)13-4-5-21-9-13/h10-13H,4-9H2,1-3H3,(H,18,19)(H2,16,17,20). The maximum Gasteiger partial charge on any atom is 0.315 e. The van der Waals surface area contributed by atoms with Crippen LogP contribution in [0.5, 0.6) is 0 Å². The Labute approximate surface area is 126 Å². The van der Waals surface area contributed by atoms with Gasteiger partial charge < -0.3 is 20.5 Å². The lowest BCUT2D eigenvalue weighted by atomic mass is 9.94. The van der Waals surface area contributed by atoms with Gasteiger partial charge in [-0.3, -0.25) is 4.79 Å². The first-order valence-corrected chi connectivity index (χ1v) is 7.72. The molecule has 1 heterocycles. The summed E-state index contributed by atoms with van der Waals surface area (Å²) in [4.78, 5) is 22.7. The largest absolute Gasteiger partial charge is 0.481 e. The van der Waals surface area contributed by atoms with Crippen LogP contribution in [0.25, 0.3) is 0 Å². The Hall–Kier alpha value is -1.30.